The molecule has 27 heavy (non-hydrogen) atoms. The highest BCUT2D eigenvalue weighted by Gasteiger charge is 2.12. The van der Waals surface area contributed by atoms with Crippen LogP contribution in [0.25, 0.3) is 0 Å². The van der Waals surface area contributed by atoms with Gasteiger partial charge in [0.15, 0.2) is 0 Å². The largest absolute Gasteiger partial charge is 0.457 e. The zero-order valence-electron chi connectivity index (χ0n) is 14.6. The Morgan fingerprint density at radius 3 is 1.63 bits per heavy atom. The predicted molar refractivity (Wildman–Crippen MR) is 115 cm³/mol. The van der Waals surface area contributed by atoms with E-state index >= 15 is 0 Å². The number of nitrogens with zero attached hydrogens (tertiary/aromatic N) is 1. The predicted octanol–water partition coefficient (Wildman–Crippen LogP) is 7.71. The maximum absolute atomic E-state index is 6.07. The summed E-state index contributed by atoms with van der Waals surface area (Å²) >= 11 is 3.49. The van der Waals surface area contributed by atoms with Crippen LogP contribution in [0, 0.1) is 0 Å². The fourth-order valence-electron chi connectivity index (χ4n) is 2.95. The van der Waals surface area contributed by atoms with Crippen molar-refractivity contribution in [3.05, 3.63) is 114 Å². The van der Waals surface area contributed by atoms with Gasteiger partial charge in [0, 0.05) is 27.6 Å². The minimum atomic E-state index is 0.794. The molecule has 2 nitrogen and oxygen atoms in total. The van der Waals surface area contributed by atoms with E-state index in [1.165, 1.54) is 0 Å². The third-order valence-electron chi connectivity index (χ3n) is 4.14. The average molecular weight is 416 g/mol. The lowest BCUT2D eigenvalue weighted by molar-refractivity contribution is 0.482. The quantitative estimate of drug-likeness (QED) is 0.330. The third kappa shape index (κ3) is 4.21. The van der Waals surface area contributed by atoms with E-state index in [2.05, 4.69) is 57.2 Å². The van der Waals surface area contributed by atoms with Crippen molar-refractivity contribution in [3.8, 4) is 11.5 Å². The number of anilines is 3. The second kappa shape index (κ2) is 8.11. The second-order valence-electron chi connectivity index (χ2n) is 6.06. The lowest BCUT2D eigenvalue weighted by Gasteiger charge is -2.25. The molecule has 3 heteroatoms. The molecule has 0 N–H and O–H groups in total. The highest BCUT2D eigenvalue weighted by molar-refractivity contribution is 9.10. The van der Waals surface area contributed by atoms with E-state index in [1.807, 2.05) is 72.8 Å². The summed E-state index contributed by atoms with van der Waals surface area (Å²) in [4.78, 5) is 2.22. The number of ether oxygens (including phenoxy) is 1. The molecule has 0 saturated carbocycles. The summed E-state index contributed by atoms with van der Waals surface area (Å²) < 4.78 is 7.06. The van der Waals surface area contributed by atoms with E-state index in [1.54, 1.807) is 0 Å². The Morgan fingerprint density at radius 2 is 1.04 bits per heavy atom. The van der Waals surface area contributed by atoms with Crippen molar-refractivity contribution in [2.45, 2.75) is 0 Å². The van der Waals surface area contributed by atoms with Gasteiger partial charge in [-0.2, -0.15) is 0 Å². The van der Waals surface area contributed by atoms with Crippen LogP contribution in [0.5, 0.6) is 11.5 Å². The molecule has 4 aromatic carbocycles. The zero-order valence-corrected chi connectivity index (χ0v) is 16.2. The zero-order chi connectivity index (χ0) is 18.5. The van der Waals surface area contributed by atoms with E-state index in [0.717, 1.165) is 33.0 Å². The average Bonchev–Trinajstić information content (AvgIpc) is 2.70. The minimum absolute atomic E-state index is 0.794. The van der Waals surface area contributed by atoms with Crippen molar-refractivity contribution >= 4 is 33.0 Å². The molecule has 132 valence electrons. The van der Waals surface area contributed by atoms with E-state index < -0.39 is 0 Å². The van der Waals surface area contributed by atoms with Crippen LogP contribution >= 0.6 is 15.9 Å². The van der Waals surface area contributed by atoms with E-state index in [9.17, 15) is 0 Å². The van der Waals surface area contributed by atoms with Crippen LogP contribution in [-0.4, -0.2) is 0 Å². The summed E-state index contributed by atoms with van der Waals surface area (Å²) in [7, 11) is 0. The van der Waals surface area contributed by atoms with Crippen molar-refractivity contribution in [2.75, 3.05) is 4.90 Å². The van der Waals surface area contributed by atoms with Gasteiger partial charge < -0.3 is 9.64 Å². The number of halogens is 1. The standard InChI is InChI=1S/C24H18BrNO/c25-19-9-7-15-23(17-19)27-24-16-8-14-22(18-24)26(20-10-3-1-4-11-20)21-12-5-2-6-13-21/h1-18H. The lowest BCUT2D eigenvalue weighted by Crippen LogP contribution is -2.09. The molecule has 0 aliphatic carbocycles. The van der Waals surface area contributed by atoms with Crippen LogP contribution in [0.2, 0.25) is 0 Å². The first-order chi connectivity index (χ1) is 13.3. The monoisotopic (exact) mass is 415 g/mol. The van der Waals surface area contributed by atoms with E-state index in [0.29, 0.717) is 0 Å². The van der Waals surface area contributed by atoms with Crippen LogP contribution in [0.15, 0.2) is 114 Å². The van der Waals surface area contributed by atoms with Gasteiger partial charge in [-0.05, 0) is 54.6 Å². The smallest absolute Gasteiger partial charge is 0.129 e. The van der Waals surface area contributed by atoms with Gasteiger partial charge in [-0.3, -0.25) is 0 Å². The molecular formula is C24H18BrNO. The molecule has 4 aromatic rings. The Labute approximate surface area is 167 Å². The maximum Gasteiger partial charge on any atom is 0.129 e. The summed E-state index contributed by atoms with van der Waals surface area (Å²) in [5, 5.41) is 0. The number of hydrogen-bond donors (Lipinski definition) is 0. The van der Waals surface area contributed by atoms with Gasteiger partial charge >= 0.3 is 0 Å². The first kappa shape index (κ1) is 17.4. The molecule has 4 rings (SSSR count). The number of rotatable bonds is 5. The number of benzene rings is 4. The molecule has 0 radical (unpaired) electrons. The van der Waals surface area contributed by atoms with Crippen molar-refractivity contribution in [2.24, 2.45) is 0 Å². The van der Waals surface area contributed by atoms with Gasteiger partial charge in [0.2, 0.25) is 0 Å². The fourth-order valence-corrected chi connectivity index (χ4v) is 3.33. The SMILES string of the molecule is Brc1cccc(Oc2cccc(N(c3ccccc3)c3ccccc3)c2)c1. The molecule has 0 amide bonds. The Bertz CT molecular complexity index is 979. The Balaban J connectivity index is 1.73. The Hall–Kier alpha value is -3.04. The Kier molecular flexibility index (Phi) is 5.22. The second-order valence-corrected chi connectivity index (χ2v) is 6.98. The molecule has 0 aromatic heterocycles. The molecule has 0 heterocycles. The topological polar surface area (TPSA) is 12.5 Å². The van der Waals surface area contributed by atoms with E-state index in [-0.39, 0.29) is 0 Å². The summed E-state index contributed by atoms with van der Waals surface area (Å²) in [6.07, 6.45) is 0. The third-order valence-corrected chi connectivity index (χ3v) is 4.63. The Morgan fingerprint density at radius 1 is 0.519 bits per heavy atom. The van der Waals surface area contributed by atoms with Gasteiger partial charge in [-0.15, -0.1) is 0 Å². The van der Waals surface area contributed by atoms with Gasteiger partial charge in [0.05, 0.1) is 0 Å². The van der Waals surface area contributed by atoms with Crippen LogP contribution in [0.1, 0.15) is 0 Å². The van der Waals surface area contributed by atoms with Crippen LogP contribution in [-0.2, 0) is 0 Å². The molecule has 0 bridgehead atoms. The molecule has 0 fully saturated rings. The fraction of sp³-hybridized carbons (Fsp3) is 0. The summed E-state index contributed by atoms with van der Waals surface area (Å²) in [5.74, 6) is 1.59. The summed E-state index contributed by atoms with van der Waals surface area (Å²) in [6, 6.07) is 36.7. The first-order valence-electron chi connectivity index (χ1n) is 8.73. The van der Waals surface area contributed by atoms with E-state index in [4.69, 9.17) is 4.74 Å². The van der Waals surface area contributed by atoms with Gasteiger partial charge in [0.25, 0.3) is 0 Å². The molecule has 0 atom stereocenters. The summed E-state index contributed by atoms with van der Waals surface area (Å²) in [5.41, 5.74) is 3.24. The molecule has 0 unspecified atom stereocenters. The molecular weight excluding hydrogens is 398 g/mol. The molecule has 0 aliphatic rings. The molecule has 0 aliphatic heterocycles. The van der Waals surface area contributed by atoms with Crippen molar-refractivity contribution in [3.63, 3.8) is 0 Å². The van der Waals surface area contributed by atoms with Crippen LogP contribution in [0.3, 0.4) is 0 Å². The maximum atomic E-state index is 6.07. The molecule has 0 spiro atoms. The normalized spacial score (nSPS) is 10.4. The minimum Gasteiger partial charge on any atom is -0.457 e. The van der Waals surface area contributed by atoms with Crippen molar-refractivity contribution in [1.29, 1.82) is 0 Å². The van der Waals surface area contributed by atoms with Gasteiger partial charge in [0.1, 0.15) is 11.5 Å². The highest BCUT2D eigenvalue weighted by atomic mass is 79.9. The van der Waals surface area contributed by atoms with Crippen LogP contribution in [0.4, 0.5) is 17.1 Å². The number of hydrogen-bond acceptors (Lipinski definition) is 2. The highest BCUT2D eigenvalue weighted by Crippen LogP contribution is 2.36. The summed E-state index contributed by atoms with van der Waals surface area (Å²) in [6.45, 7) is 0. The van der Waals surface area contributed by atoms with Crippen molar-refractivity contribution in [1.82, 2.24) is 0 Å². The van der Waals surface area contributed by atoms with Crippen molar-refractivity contribution < 1.29 is 4.74 Å². The van der Waals surface area contributed by atoms with Crippen LogP contribution < -0.4 is 9.64 Å². The van der Waals surface area contributed by atoms with Gasteiger partial charge in [-0.1, -0.05) is 64.5 Å². The number of para-hydroxylation sites is 2. The lowest BCUT2D eigenvalue weighted by atomic mass is 10.2. The first-order valence-corrected chi connectivity index (χ1v) is 9.53. The van der Waals surface area contributed by atoms with Gasteiger partial charge in [-0.25, -0.2) is 0 Å². The molecule has 0 saturated heterocycles.